The van der Waals surface area contributed by atoms with Gasteiger partial charge in [0.05, 0.1) is 23.0 Å². The largest absolute Gasteiger partial charge is 0.385 e. The summed E-state index contributed by atoms with van der Waals surface area (Å²) in [6, 6.07) is 3.61. The van der Waals surface area contributed by atoms with Crippen LogP contribution in [0.1, 0.15) is 57.9 Å². The third kappa shape index (κ3) is 5.52. The van der Waals surface area contributed by atoms with Crippen molar-refractivity contribution < 1.29 is 13.5 Å². The number of hydrogen-bond acceptors (Lipinski definition) is 9. The first-order valence-electron chi connectivity index (χ1n) is 10.6. The van der Waals surface area contributed by atoms with E-state index in [4.69, 9.17) is 5.41 Å². The molecule has 3 rings (SSSR count). The Morgan fingerprint density at radius 1 is 1.24 bits per heavy atom. The van der Waals surface area contributed by atoms with E-state index >= 15 is 0 Å². The number of imidazole rings is 1. The third-order valence-corrected chi connectivity index (χ3v) is 6.34. The number of nitrogens with zero attached hydrogens (tertiary/aromatic N) is 5. The smallest absolute Gasteiger partial charge is 0.231 e. The molecule has 0 bridgehead atoms. The van der Waals surface area contributed by atoms with Gasteiger partial charge in [-0.3, -0.25) is 4.72 Å². The maximum atomic E-state index is 11.7. The molecule has 2 atom stereocenters. The fourth-order valence-corrected chi connectivity index (χ4v) is 3.61. The van der Waals surface area contributed by atoms with Gasteiger partial charge in [-0.05, 0) is 33.3 Å². The lowest BCUT2D eigenvalue weighted by Crippen LogP contribution is -2.20. The van der Waals surface area contributed by atoms with Gasteiger partial charge in [0.25, 0.3) is 0 Å². The van der Waals surface area contributed by atoms with Gasteiger partial charge in [-0.2, -0.15) is 0 Å². The van der Waals surface area contributed by atoms with Crippen LogP contribution < -0.4 is 10.0 Å². The topological polar surface area (TPSA) is 159 Å². The average Bonchev–Trinajstić information content (AvgIpc) is 3.18. The third-order valence-electron chi connectivity index (χ3n) is 5.11. The van der Waals surface area contributed by atoms with Crippen LogP contribution in [0, 0.1) is 5.41 Å². The monoisotopic (exact) mass is 472 g/mol. The van der Waals surface area contributed by atoms with Crippen molar-refractivity contribution >= 4 is 44.5 Å². The molecule has 1 unspecified atom stereocenters. The first-order chi connectivity index (χ1) is 15.7. The molecule has 3 aromatic rings. The van der Waals surface area contributed by atoms with Crippen LogP contribution in [0.2, 0.25) is 0 Å². The SMILES string of the molecule is CCC(C)n1c([C@@H](C)O)nc2cnc(Nc3ccnc(/C(C=N)=C/NS(=O)(=O)CC)n3)cc21. The molecule has 0 fully saturated rings. The lowest BCUT2D eigenvalue weighted by atomic mass is 10.2. The zero-order chi connectivity index (χ0) is 24.2. The van der Waals surface area contributed by atoms with Gasteiger partial charge in [0.1, 0.15) is 29.1 Å². The molecule has 0 saturated carbocycles. The zero-order valence-electron chi connectivity index (χ0n) is 18.9. The predicted molar refractivity (Wildman–Crippen MR) is 128 cm³/mol. The normalized spacial score (nSPS) is 14.2. The van der Waals surface area contributed by atoms with Gasteiger partial charge in [0, 0.05) is 30.7 Å². The predicted octanol–water partition coefficient (Wildman–Crippen LogP) is 2.92. The number of aromatic nitrogens is 5. The Kier molecular flexibility index (Phi) is 7.39. The molecule has 0 spiro atoms. The maximum absolute atomic E-state index is 11.7. The van der Waals surface area contributed by atoms with Crippen LogP contribution in [-0.4, -0.2) is 50.0 Å². The van der Waals surface area contributed by atoms with E-state index in [1.54, 1.807) is 19.2 Å². The lowest BCUT2D eigenvalue weighted by Gasteiger charge is -2.17. The minimum atomic E-state index is -3.47. The molecule has 0 saturated heterocycles. The summed E-state index contributed by atoms with van der Waals surface area (Å²) in [7, 11) is -3.47. The van der Waals surface area contributed by atoms with Crippen molar-refractivity contribution in [2.24, 2.45) is 0 Å². The van der Waals surface area contributed by atoms with E-state index in [1.165, 1.54) is 19.3 Å². The van der Waals surface area contributed by atoms with Gasteiger partial charge in [0.15, 0.2) is 5.82 Å². The minimum Gasteiger partial charge on any atom is -0.385 e. The molecule has 3 aromatic heterocycles. The summed E-state index contributed by atoms with van der Waals surface area (Å²) < 4.78 is 27.7. The first-order valence-corrected chi connectivity index (χ1v) is 12.2. The number of hydrogen-bond donors (Lipinski definition) is 4. The number of nitrogens with one attached hydrogen (secondary N) is 3. The summed E-state index contributed by atoms with van der Waals surface area (Å²) >= 11 is 0. The molecule has 176 valence electrons. The van der Waals surface area contributed by atoms with Crippen LogP contribution in [0.4, 0.5) is 11.6 Å². The Morgan fingerprint density at radius 2 is 2.00 bits per heavy atom. The number of pyridine rings is 1. The number of anilines is 2. The highest BCUT2D eigenvalue weighted by Gasteiger charge is 2.19. The van der Waals surface area contributed by atoms with Crippen molar-refractivity contribution in [3.05, 3.63) is 42.4 Å². The molecule has 0 amide bonds. The van der Waals surface area contributed by atoms with Crippen molar-refractivity contribution in [3.8, 4) is 0 Å². The molecule has 0 aliphatic heterocycles. The van der Waals surface area contributed by atoms with Crippen molar-refractivity contribution in [2.45, 2.75) is 46.3 Å². The summed E-state index contributed by atoms with van der Waals surface area (Å²) in [5.74, 6) is 1.60. The fourth-order valence-electron chi connectivity index (χ4n) is 3.13. The van der Waals surface area contributed by atoms with Crippen molar-refractivity contribution in [3.63, 3.8) is 0 Å². The Hall–Kier alpha value is -3.38. The number of sulfonamides is 1. The van der Waals surface area contributed by atoms with Gasteiger partial charge < -0.3 is 20.4 Å². The highest BCUT2D eigenvalue weighted by Crippen LogP contribution is 2.28. The molecule has 12 heteroatoms. The molecule has 11 nitrogen and oxygen atoms in total. The zero-order valence-corrected chi connectivity index (χ0v) is 19.8. The number of rotatable bonds is 10. The first kappa shape index (κ1) is 24.3. The standard InChI is InChI=1S/C21H28N8O3S/c1-5-13(3)29-17-9-19(24-12-16(17)26-21(29)14(4)30)27-18-7-8-23-20(28-18)15(10-22)11-25-33(31,32)6-2/h7-14,22,25,30H,5-6H2,1-4H3,(H,23,24,27,28)/b15-11+,22-10?/t13?,14-/m1/s1. The average molecular weight is 473 g/mol. The van der Waals surface area contributed by atoms with Gasteiger partial charge in [-0.25, -0.2) is 28.4 Å². The number of allylic oxidation sites excluding steroid dienone is 1. The Morgan fingerprint density at radius 3 is 2.64 bits per heavy atom. The van der Waals surface area contributed by atoms with Crippen LogP contribution in [0.3, 0.4) is 0 Å². The second kappa shape index (κ2) is 10.0. The second-order valence-electron chi connectivity index (χ2n) is 7.49. The maximum Gasteiger partial charge on any atom is 0.231 e. The van der Waals surface area contributed by atoms with E-state index in [-0.39, 0.29) is 23.2 Å². The Balaban J connectivity index is 1.94. The fraction of sp³-hybridized carbons (Fsp3) is 0.381. The molecule has 33 heavy (non-hydrogen) atoms. The van der Waals surface area contributed by atoms with Crippen LogP contribution in [0.15, 0.2) is 30.7 Å². The Labute approximate surface area is 192 Å². The van der Waals surface area contributed by atoms with Crippen LogP contribution >= 0.6 is 0 Å². The summed E-state index contributed by atoms with van der Waals surface area (Å²) in [5.41, 5.74) is 1.72. The van der Waals surface area contributed by atoms with Crippen molar-refractivity contribution in [1.82, 2.24) is 29.2 Å². The van der Waals surface area contributed by atoms with Crippen LogP contribution in [0.5, 0.6) is 0 Å². The highest BCUT2D eigenvalue weighted by molar-refractivity contribution is 7.89. The summed E-state index contributed by atoms with van der Waals surface area (Å²) in [6.07, 6.45) is 5.45. The van der Waals surface area contributed by atoms with Gasteiger partial charge >= 0.3 is 0 Å². The van der Waals surface area contributed by atoms with Crippen LogP contribution in [0.25, 0.3) is 16.6 Å². The van der Waals surface area contributed by atoms with Crippen molar-refractivity contribution in [1.29, 1.82) is 5.41 Å². The molecule has 4 N–H and O–H groups in total. The molecule has 0 radical (unpaired) electrons. The highest BCUT2D eigenvalue weighted by atomic mass is 32.2. The molecular weight excluding hydrogens is 444 g/mol. The molecule has 0 aliphatic carbocycles. The van der Waals surface area contributed by atoms with Crippen LogP contribution in [-0.2, 0) is 10.0 Å². The second-order valence-corrected chi connectivity index (χ2v) is 9.53. The van der Waals surface area contributed by atoms with Gasteiger partial charge in [-0.15, -0.1) is 0 Å². The quantitative estimate of drug-likeness (QED) is 0.328. The lowest BCUT2D eigenvalue weighted by molar-refractivity contribution is 0.182. The summed E-state index contributed by atoms with van der Waals surface area (Å²) in [5, 5.41) is 20.9. The molecule has 0 aromatic carbocycles. The van der Waals surface area contributed by atoms with Crippen molar-refractivity contribution in [2.75, 3.05) is 11.1 Å². The molecular formula is C21H28N8O3S. The number of fused-ring (bicyclic) bond motifs is 1. The molecule has 0 aliphatic rings. The van der Waals surface area contributed by atoms with E-state index in [9.17, 15) is 13.5 Å². The molecule has 3 heterocycles. The van der Waals surface area contributed by atoms with E-state index in [0.29, 0.717) is 23.0 Å². The van der Waals surface area contributed by atoms with E-state index < -0.39 is 16.1 Å². The number of aliphatic hydroxyl groups excluding tert-OH is 1. The number of aliphatic hydroxyl groups is 1. The van der Waals surface area contributed by atoms with Gasteiger partial charge in [-0.1, -0.05) is 6.92 Å². The summed E-state index contributed by atoms with van der Waals surface area (Å²) in [4.78, 5) is 17.4. The van der Waals surface area contributed by atoms with Gasteiger partial charge in [0.2, 0.25) is 10.0 Å². The van der Waals surface area contributed by atoms with E-state index in [1.807, 2.05) is 10.6 Å². The Bertz CT molecular complexity index is 1280. The van der Waals surface area contributed by atoms with E-state index in [2.05, 4.69) is 43.8 Å². The van der Waals surface area contributed by atoms with E-state index in [0.717, 1.165) is 18.2 Å². The summed E-state index contributed by atoms with van der Waals surface area (Å²) in [6.45, 7) is 7.34. The minimum absolute atomic E-state index is 0.0879.